The summed E-state index contributed by atoms with van der Waals surface area (Å²) in [5, 5.41) is 20.6. The lowest BCUT2D eigenvalue weighted by atomic mass is 10.0. The van der Waals surface area contributed by atoms with Crippen LogP contribution in [0, 0.1) is 16.0 Å². The van der Waals surface area contributed by atoms with Crippen LogP contribution in [-0.4, -0.2) is 34.2 Å². The maximum Gasteiger partial charge on any atom is 0.311 e. The van der Waals surface area contributed by atoms with E-state index < -0.39 is 11.0 Å². The first-order valence-electron chi connectivity index (χ1n) is 6.08. The van der Waals surface area contributed by atoms with E-state index >= 15 is 0 Å². The van der Waals surface area contributed by atoms with E-state index in [-0.39, 0.29) is 11.6 Å². The molecule has 2 atom stereocenters. The summed E-state index contributed by atoms with van der Waals surface area (Å²) in [6, 6.07) is 2.84. The van der Waals surface area contributed by atoms with Gasteiger partial charge < -0.3 is 15.4 Å². The molecule has 0 radical (unpaired) electrons. The Morgan fingerprint density at radius 1 is 1.68 bits per heavy atom. The van der Waals surface area contributed by atoms with Gasteiger partial charge in [-0.3, -0.25) is 10.1 Å². The molecule has 2 rings (SSSR count). The number of rotatable bonds is 4. The van der Waals surface area contributed by atoms with Crippen molar-refractivity contribution in [3.05, 3.63) is 22.2 Å². The minimum Gasteiger partial charge on any atom is -0.393 e. The third-order valence-electron chi connectivity index (χ3n) is 3.41. The molecule has 0 spiro atoms. The van der Waals surface area contributed by atoms with Gasteiger partial charge in [0.15, 0.2) is 0 Å². The number of hydrazine groups is 1. The molecule has 0 bridgehead atoms. The van der Waals surface area contributed by atoms with Crippen LogP contribution >= 0.6 is 0 Å². The second-order valence-electron chi connectivity index (χ2n) is 4.68. The van der Waals surface area contributed by atoms with Gasteiger partial charge in [-0.15, -0.1) is 0 Å². The third kappa shape index (κ3) is 2.74. The Morgan fingerprint density at radius 2 is 2.42 bits per heavy atom. The summed E-state index contributed by atoms with van der Waals surface area (Å²) >= 11 is 0. The Morgan fingerprint density at radius 3 is 2.95 bits per heavy atom. The Bertz CT molecular complexity index is 479. The van der Waals surface area contributed by atoms with Gasteiger partial charge >= 0.3 is 5.69 Å². The standard InChI is InChI=1S/C11H17N5O3/c1-7(17)8-4-5-15(6-8)11-9(16(18)19)2-3-10(13-11)14-12/h2-3,7-8,17H,4-6,12H2,1H3,(H,13,14). The maximum absolute atomic E-state index is 11.0. The quantitative estimate of drug-likeness (QED) is 0.412. The molecule has 2 unspecified atom stereocenters. The number of hydrogen-bond donors (Lipinski definition) is 3. The van der Waals surface area contributed by atoms with E-state index in [9.17, 15) is 15.2 Å². The summed E-state index contributed by atoms with van der Waals surface area (Å²) in [7, 11) is 0. The van der Waals surface area contributed by atoms with Crippen LogP contribution in [-0.2, 0) is 0 Å². The van der Waals surface area contributed by atoms with E-state index in [0.29, 0.717) is 24.7 Å². The molecule has 2 heterocycles. The summed E-state index contributed by atoms with van der Waals surface area (Å²) in [5.74, 6) is 6.06. The van der Waals surface area contributed by atoms with Crippen LogP contribution in [0.4, 0.5) is 17.3 Å². The zero-order chi connectivity index (χ0) is 14.0. The molecule has 0 aliphatic carbocycles. The van der Waals surface area contributed by atoms with Crippen molar-refractivity contribution in [3.8, 4) is 0 Å². The number of anilines is 2. The van der Waals surface area contributed by atoms with E-state index in [1.165, 1.54) is 12.1 Å². The molecule has 1 saturated heterocycles. The molecule has 1 fully saturated rings. The number of nitrogens with zero attached hydrogens (tertiary/aromatic N) is 3. The van der Waals surface area contributed by atoms with Crippen molar-refractivity contribution in [1.82, 2.24) is 4.98 Å². The van der Waals surface area contributed by atoms with Crippen molar-refractivity contribution in [2.45, 2.75) is 19.4 Å². The van der Waals surface area contributed by atoms with E-state index in [1.54, 1.807) is 6.92 Å². The summed E-state index contributed by atoms with van der Waals surface area (Å²) in [4.78, 5) is 16.5. The first-order chi connectivity index (χ1) is 9.02. The van der Waals surface area contributed by atoms with Crippen LogP contribution in [0.2, 0.25) is 0 Å². The Hall–Kier alpha value is -1.93. The van der Waals surface area contributed by atoms with Crippen LogP contribution in [0.5, 0.6) is 0 Å². The molecule has 8 heteroatoms. The van der Waals surface area contributed by atoms with Crippen molar-refractivity contribution in [2.75, 3.05) is 23.4 Å². The summed E-state index contributed by atoms with van der Waals surface area (Å²) in [6.07, 6.45) is 0.358. The lowest BCUT2D eigenvalue weighted by Crippen LogP contribution is -2.25. The fourth-order valence-electron chi connectivity index (χ4n) is 2.27. The van der Waals surface area contributed by atoms with Crippen LogP contribution in [0.15, 0.2) is 12.1 Å². The summed E-state index contributed by atoms with van der Waals surface area (Å²) in [6.45, 7) is 2.92. The van der Waals surface area contributed by atoms with Gasteiger partial charge in [-0.05, 0) is 19.4 Å². The zero-order valence-corrected chi connectivity index (χ0v) is 10.6. The van der Waals surface area contributed by atoms with E-state index in [2.05, 4.69) is 10.4 Å². The smallest absolute Gasteiger partial charge is 0.311 e. The number of aliphatic hydroxyl groups excluding tert-OH is 1. The number of aliphatic hydroxyl groups is 1. The highest BCUT2D eigenvalue weighted by molar-refractivity contribution is 5.62. The minimum absolute atomic E-state index is 0.0507. The highest BCUT2D eigenvalue weighted by Crippen LogP contribution is 2.32. The molecular weight excluding hydrogens is 250 g/mol. The second-order valence-corrected chi connectivity index (χ2v) is 4.68. The molecule has 1 aromatic heterocycles. The van der Waals surface area contributed by atoms with Gasteiger partial charge in [0.25, 0.3) is 0 Å². The Kier molecular flexibility index (Phi) is 3.82. The SMILES string of the molecule is CC(O)C1CCN(c2nc(NN)ccc2[N+](=O)[O-])C1. The van der Waals surface area contributed by atoms with Crippen LogP contribution < -0.4 is 16.2 Å². The monoisotopic (exact) mass is 267 g/mol. The molecule has 0 aromatic carbocycles. The number of hydrogen-bond acceptors (Lipinski definition) is 7. The summed E-state index contributed by atoms with van der Waals surface area (Å²) < 4.78 is 0. The average molecular weight is 267 g/mol. The molecular formula is C11H17N5O3. The molecule has 1 aromatic rings. The number of aromatic nitrogens is 1. The van der Waals surface area contributed by atoms with Gasteiger partial charge in [0.05, 0.1) is 11.0 Å². The normalized spacial score (nSPS) is 20.4. The number of nitro groups is 1. The van der Waals surface area contributed by atoms with E-state index in [0.717, 1.165) is 6.42 Å². The number of nitrogen functional groups attached to an aromatic ring is 1. The van der Waals surface area contributed by atoms with Crippen molar-refractivity contribution in [1.29, 1.82) is 0 Å². The van der Waals surface area contributed by atoms with Gasteiger partial charge in [0.1, 0.15) is 5.82 Å². The van der Waals surface area contributed by atoms with Gasteiger partial charge in [0.2, 0.25) is 5.82 Å². The molecule has 0 amide bonds. The average Bonchev–Trinajstić information content (AvgIpc) is 2.87. The van der Waals surface area contributed by atoms with E-state index in [4.69, 9.17) is 5.84 Å². The van der Waals surface area contributed by atoms with Crippen molar-refractivity contribution in [2.24, 2.45) is 11.8 Å². The lowest BCUT2D eigenvalue weighted by molar-refractivity contribution is -0.384. The van der Waals surface area contributed by atoms with Gasteiger partial charge in [-0.2, -0.15) is 0 Å². The second kappa shape index (κ2) is 5.37. The predicted molar refractivity (Wildman–Crippen MR) is 70.7 cm³/mol. The first-order valence-corrected chi connectivity index (χ1v) is 6.08. The Labute approximate surface area is 110 Å². The predicted octanol–water partition coefficient (Wildman–Crippen LogP) is 0.482. The van der Waals surface area contributed by atoms with Gasteiger partial charge in [-0.1, -0.05) is 0 Å². The zero-order valence-electron chi connectivity index (χ0n) is 10.6. The molecule has 8 nitrogen and oxygen atoms in total. The van der Waals surface area contributed by atoms with Gasteiger partial charge in [-0.25, -0.2) is 10.8 Å². The first kappa shape index (κ1) is 13.5. The highest BCUT2D eigenvalue weighted by Gasteiger charge is 2.31. The number of nitrogens with one attached hydrogen (secondary N) is 1. The van der Waals surface area contributed by atoms with E-state index in [1.807, 2.05) is 4.90 Å². The Balaban J connectivity index is 2.30. The lowest BCUT2D eigenvalue weighted by Gasteiger charge is -2.19. The number of nitrogens with two attached hydrogens (primary N) is 1. The molecule has 4 N–H and O–H groups in total. The van der Waals surface area contributed by atoms with Crippen LogP contribution in [0.25, 0.3) is 0 Å². The topological polar surface area (TPSA) is 118 Å². The van der Waals surface area contributed by atoms with Crippen LogP contribution in [0.3, 0.4) is 0 Å². The van der Waals surface area contributed by atoms with Crippen molar-refractivity contribution < 1.29 is 10.0 Å². The van der Waals surface area contributed by atoms with Crippen LogP contribution in [0.1, 0.15) is 13.3 Å². The van der Waals surface area contributed by atoms with Crippen molar-refractivity contribution in [3.63, 3.8) is 0 Å². The third-order valence-corrected chi connectivity index (χ3v) is 3.41. The molecule has 19 heavy (non-hydrogen) atoms. The highest BCUT2D eigenvalue weighted by atomic mass is 16.6. The molecule has 1 aliphatic heterocycles. The maximum atomic E-state index is 11.0. The summed E-state index contributed by atoms with van der Waals surface area (Å²) in [5.41, 5.74) is 2.33. The van der Waals surface area contributed by atoms with Crippen molar-refractivity contribution >= 4 is 17.3 Å². The largest absolute Gasteiger partial charge is 0.393 e. The molecule has 104 valence electrons. The number of pyridine rings is 1. The van der Waals surface area contributed by atoms with Gasteiger partial charge in [0, 0.05) is 25.1 Å². The fraction of sp³-hybridized carbons (Fsp3) is 0.545. The fourth-order valence-corrected chi connectivity index (χ4v) is 2.27. The minimum atomic E-state index is -0.460. The molecule has 0 saturated carbocycles. The molecule has 1 aliphatic rings.